The number of hydrogen-bond acceptors (Lipinski definition) is 1. The van der Waals surface area contributed by atoms with E-state index in [4.69, 9.17) is 0 Å². The van der Waals surface area contributed by atoms with Gasteiger partial charge < -0.3 is 5.32 Å². The molecule has 14 heavy (non-hydrogen) atoms. The first-order valence-corrected chi connectivity index (χ1v) is 5.65. The van der Waals surface area contributed by atoms with Crippen molar-refractivity contribution < 1.29 is 4.39 Å². The van der Waals surface area contributed by atoms with Crippen LogP contribution in [0.25, 0.3) is 0 Å². The smallest absolute Gasteiger partial charge is 0.124 e. The Morgan fingerprint density at radius 2 is 2.14 bits per heavy atom. The van der Waals surface area contributed by atoms with Crippen LogP contribution in [0.1, 0.15) is 5.56 Å². The Labute approximate surface area is 99.7 Å². The lowest BCUT2D eigenvalue weighted by Crippen LogP contribution is -2.14. The van der Waals surface area contributed by atoms with E-state index < -0.39 is 0 Å². The number of hydrogen-bond donors (Lipinski definition) is 1. The molecule has 0 unspecified atom stereocenters. The molecule has 4 heteroatoms. The Balaban J connectivity index is 2.54. The summed E-state index contributed by atoms with van der Waals surface area (Å²) in [5.41, 5.74) is 0.908. The standard InChI is InChI=1S/C10H10Br2FN/c1-7(11)5-14-6-8-2-9(12)4-10(13)3-8/h2-4,14H,1,5-6H2. The van der Waals surface area contributed by atoms with Crippen LogP contribution in [0.2, 0.25) is 0 Å². The zero-order valence-electron chi connectivity index (χ0n) is 7.49. The van der Waals surface area contributed by atoms with Crippen LogP contribution in [0.15, 0.2) is 33.7 Å². The average molecular weight is 323 g/mol. The van der Waals surface area contributed by atoms with Gasteiger partial charge in [0.1, 0.15) is 5.82 Å². The highest BCUT2D eigenvalue weighted by molar-refractivity contribution is 9.11. The van der Waals surface area contributed by atoms with Crippen molar-refractivity contribution in [1.29, 1.82) is 0 Å². The van der Waals surface area contributed by atoms with Crippen molar-refractivity contribution >= 4 is 31.9 Å². The Hall–Kier alpha value is -0.190. The summed E-state index contributed by atoms with van der Waals surface area (Å²) in [5.74, 6) is -0.228. The molecule has 1 N–H and O–H groups in total. The van der Waals surface area contributed by atoms with Crippen LogP contribution in [0, 0.1) is 5.82 Å². The molecule has 0 spiro atoms. The van der Waals surface area contributed by atoms with Gasteiger partial charge in [0.15, 0.2) is 0 Å². The monoisotopic (exact) mass is 321 g/mol. The molecular weight excluding hydrogens is 313 g/mol. The maximum absolute atomic E-state index is 12.9. The molecule has 1 aromatic rings. The van der Waals surface area contributed by atoms with Gasteiger partial charge >= 0.3 is 0 Å². The van der Waals surface area contributed by atoms with E-state index in [0.717, 1.165) is 14.5 Å². The predicted octanol–water partition coefficient (Wildman–Crippen LogP) is 3.59. The lowest BCUT2D eigenvalue weighted by atomic mass is 10.2. The lowest BCUT2D eigenvalue weighted by molar-refractivity contribution is 0.622. The highest BCUT2D eigenvalue weighted by Gasteiger charge is 1.98. The third kappa shape index (κ3) is 4.35. The second-order valence-electron chi connectivity index (χ2n) is 2.90. The Kier molecular flexibility index (Phi) is 4.78. The van der Waals surface area contributed by atoms with Gasteiger partial charge in [-0.2, -0.15) is 0 Å². The van der Waals surface area contributed by atoms with Crippen LogP contribution in [-0.2, 0) is 6.54 Å². The molecule has 1 rings (SSSR count). The largest absolute Gasteiger partial charge is 0.308 e. The Morgan fingerprint density at radius 3 is 2.71 bits per heavy atom. The van der Waals surface area contributed by atoms with E-state index in [1.54, 1.807) is 0 Å². The molecule has 76 valence electrons. The van der Waals surface area contributed by atoms with Crippen molar-refractivity contribution in [2.24, 2.45) is 0 Å². The molecule has 0 amide bonds. The highest BCUT2D eigenvalue weighted by atomic mass is 79.9. The minimum atomic E-state index is -0.228. The van der Waals surface area contributed by atoms with E-state index in [-0.39, 0.29) is 5.82 Å². The molecule has 0 saturated carbocycles. The van der Waals surface area contributed by atoms with Crippen LogP contribution in [0.3, 0.4) is 0 Å². The molecule has 0 aliphatic rings. The summed E-state index contributed by atoms with van der Waals surface area (Å²) >= 11 is 6.48. The SMILES string of the molecule is C=C(Br)CNCc1cc(F)cc(Br)c1. The molecule has 0 fully saturated rings. The van der Waals surface area contributed by atoms with Gasteiger partial charge in [-0.1, -0.05) is 38.4 Å². The topological polar surface area (TPSA) is 12.0 Å². The normalized spacial score (nSPS) is 10.2. The Bertz CT molecular complexity index is 319. The number of rotatable bonds is 4. The first kappa shape index (κ1) is 11.9. The molecule has 0 aliphatic heterocycles. The van der Waals surface area contributed by atoms with Crippen molar-refractivity contribution in [1.82, 2.24) is 5.32 Å². The third-order valence-corrected chi connectivity index (χ3v) is 2.31. The first-order chi connectivity index (χ1) is 6.58. The summed E-state index contributed by atoms with van der Waals surface area (Å²) in [5, 5.41) is 3.12. The number of halogens is 3. The molecule has 0 radical (unpaired) electrons. The van der Waals surface area contributed by atoms with Gasteiger partial charge in [0.2, 0.25) is 0 Å². The van der Waals surface area contributed by atoms with Crippen molar-refractivity contribution in [2.45, 2.75) is 6.54 Å². The second kappa shape index (κ2) is 5.63. The van der Waals surface area contributed by atoms with Crippen LogP contribution in [0.5, 0.6) is 0 Å². The number of nitrogens with one attached hydrogen (secondary N) is 1. The van der Waals surface area contributed by atoms with E-state index in [1.807, 2.05) is 6.07 Å². The van der Waals surface area contributed by atoms with Crippen LogP contribution < -0.4 is 5.32 Å². The summed E-state index contributed by atoms with van der Waals surface area (Å²) in [6, 6.07) is 4.83. The fourth-order valence-corrected chi connectivity index (χ4v) is 1.77. The summed E-state index contributed by atoms with van der Waals surface area (Å²) in [4.78, 5) is 0. The molecule has 0 saturated heterocycles. The van der Waals surface area contributed by atoms with E-state index in [1.165, 1.54) is 12.1 Å². The molecular formula is C10H10Br2FN. The number of benzene rings is 1. The second-order valence-corrected chi connectivity index (χ2v) is 4.94. The summed E-state index contributed by atoms with van der Waals surface area (Å²) in [7, 11) is 0. The molecule has 0 bridgehead atoms. The molecule has 1 aromatic carbocycles. The molecule has 0 aromatic heterocycles. The third-order valence-electron chi connectivity index (χ3n) is 1.57. The maximum atomic E-state index is 12.9. The Morgan fingerprint density at radius 1 is 1.43 bits per heavy atom. The van der Waals surface area contributed by atoms with Gasteiger partial charge in [0.25, 0.3) is 0 Å². The zero-order valence-corrected chi connectivity index (χ0v) is 10.7. The average Bonchev–Trinajstić information content (AvgIpc) is 2.01. The summed E-state index contributed by atoms with van der Waals surface area (Å²) in [6.07, 6.45) is 0. The van der Waals surface area contributed by atoms with Crippen LogP contribution in [-0.4, -0.2) is 6.54 Å². The van der Waals surface area contributed by atoms with E-state index in [2.05, 4.69) is 43.8 Å². The zero-order chi connectivity index (χ0) is 10.6. The minimum absolute atomic E-state index is 0.228. The molecule has 1 nitrogen and oxygen atoms in total. The minimum Gasteiger partial charge on any atom is -0.308 e. The van der Waals surface area contributed by atoms with E-state index in [9.17, 15) is 4.39 Å². The maximum Gasteiger partial charge on any atom is 0.124 e. The van der Waals surface area contributed by atoms with Crippen molar-refractivity contribution in [2.75, 3.05) is 6.54 Å². The molecule has 0 atom stereocenters. The highest BCUT2D eigenvalue weighted by Crippen LogP contribution is 2.14. The van der Waals surface area contributed by atoms with Gasteiger partial charge in [0, 0.05) is 22.0 Å². The van der Waals surface area contributed by atoms with Crippen molar-refractivity contribution in [3.63, 3.8) is 0 Å². The van der Waals surface area contributed by atoms with Gasteiger partial charge in [-0.05, 0) is 23.8 Å². The van der Waals surface area contributed by atoms with Crippen LogP contribution >= 0.6 is 31.9 Å². The lowest BCUT2D eigenvalue weighted by Gasteiger charge is -2.04. The quantitative estimate of drug-likeness (QED) is 0.893. The van der Waals surface area contributed by atoms with Gasteiger partial charge in [0.05, 0.1) is 0 Å². The van der Waals surface area contributed by atoms with Crippen molar-refractivity contribution in [3.05, 3.63) is 45.1 Å². The molecule has 0 heterocycles. The van der Waals surface area contributed by atoms with Gasteiger partial charge in [-0.25, -0.2) is 4.39 Å². The van der Waals surface area contributed by atoms with Crippen molar-refractivity contribution in [3.8, 4) is 0 Å². The summed E-state index contributed by atoms with van der Waals surface area (Å²) in [6.45, 7) is 4.99. The van der Waals surface area contributed by atoms with Gasteiger partial charge in [-0.15, -0.1) is 0 Å². The summed E-state index contributed by atoms with van der Waals surface area (Å²) < 4.78 is 14.6. The van der Waals surface area contributed by atoms with E-state index in [0.29, 0.717) is 13.1 Å². The fourth-order valence-electron chi connectivity index (χ4n) is 1.06. The fraction of sp³-hybridized carbons (Fsp3) is 0.200. The van der Waals surface area contributed by atoms with E-state index >= 15 is 0 Å². The first-order valence-electron chi connectivity index (χ1n) is 4.07. The van der Waals surface area contributed by atoms with Gasteiger partial charge in [-0.3, -0.25) is 0 Å². The van der Waals surface area contributed by atoms with Crippen LogP contribution in [0.4, 0.5) is 4.39 Å². The molecule has 0 aliphatic carbocycles. The predicted molar refractivity (Wildman–Crippen MR) is 63.9 cm³/mol.